The van der Waals surface area contributed by atoms with Crippen LogP contribution in [0.4, 0.5) is 26.3 Å². The largest absolute Gasteiger partial charge is 0.534 e. The predicted molar refractivity (Wildman–Crippen MR) is 227 cm³/mol. The van der Waals surface area contributed by atoms with Crippen LogP contribution in [0.2, 0.25) is 0 Å². The molecule has 8 aromatic carbocycles. The van der Waals surface area contributed by atoms with Crippen LogP contribution in [0.15, 0.2) is 121 Å². The van der Waals surface area contributed by atoms with Gasteiger partial charge in [-0.1, -0.05) is 97.1 Å². The molecule has 0 spiro atoms. The Balaban J connectivity index is 0.000000206. The van der Waals surface area contributed by atoms with Gasteiger partial charge >= 0.3 is 31.3 Å². The number of fused-ring (bicyclic) bond motifs is 4. The van der Waals surface area contributed by atoms with Gasteiger partial charge in [-0.05, 0) is 128 Å². The molecule has 0 radical (unpaired) electrons. The Morgan fingerprint density at radius 3 is 0.919 bits per heavy atom. The first-order chi connectivity index (χ1) is 29.0. The van der Waals surface area contributed by atoms with Crippen molar-refractivity contribution in [2.75, 3.05) is 0 Å². The third-order valence-corrected chi connectivity index (χ3v) is 12.5. The lowest BCUT2D eigenvalue weighted by Gasteiger charge is -2.21. The smallest absolute Gasteiger partial charge is 0.508 e. The Labute approximate surface area is 351 Å². The minimum absolute atomic E-state index is 0.0967. The number of phenolic OH excluding ortho intramolecular Hbond substituents is 2. The van der Waals surface area contributed by atoms with E-state index in [4.69, 9.17) is 0 Å². The molecule has 0 aliphatic carbocycles. The molecule has 0 unspecified atom stereocenters. The van der Waals surface area contributed by atoms with Crippen molar-refractivity contribution in [3.05, 3.63) is 144 Å². The second-order valence-corrected chi connectivity index (χ2v) is 17.5. The van der Waals surface area contributed by atoms with Crippen LogP contribution in [0.3, 0.4) is 0 Å². The van der Waals surface area contributed by atoms with E-state index in [2.05, 4.69) is 20.5 Å². The number of aromatic hydroxyl groups is 2. The summed E-state index contributed by atoms with van der Waals surface area (Å²) >= 11 is 0. The SMILES string of the molecule is Cc1c(O)cc2ccccc2c1-c1c(C)c(O)cc2ccccc12.Cc1c(OS(=O)(=O)C(F)(F)F)cc2ccccc2c1-c1c(C)c(OS(=O)(=O)C(F)(F)F)cc2ccccc12. The summed E-state index contributed by atoms with van der Waals surface area (Å²) in [5, 5.41) is 26.2. The van der Waals surface area contributed by atoms with E-state index in [1.807, 2.05) is 50.2 Å². The topological polar surface area (TPSA) is 127 Å². The molecule has 8 rings (SSSR count). The number of rotatable bonds is 6. The number of phenols is 2. The van der Waals surface area contributed by atoms with Gasteiger partial charge in [0.2, 0.25) is 0 Å². The van der Waals surface area contributed by atoms with E-state index in [9.17, 15) is 53.4 Å². The predicted octanol–water partition coefficient (Wildman–Crippen LogP) is 12.4. The molecule has 2 N–H and O–H groups in total. The summed E-state index contributed by atoms with van der Waals surface area (Å²) in [5.41, 5.74) is -7.81. The third kappa shape index (κ3) is 7.79. The fourth-order valence-corrected chi connectivity index (χ4v) is 8.52. The van der Waals surface area contributed by atoms with Gasteiger partial charge in [0.15, 0.2) is 0 Å². The van der Waals surface area contributed by atoms with Crippen molar-refractivity contribution in [3.63, 3.8) is 0 Å². The van der Waals surface area contributed by atoms with Gasteiger partial charge in [0.1, 0.15) is 23.0 Å². The van der Waals surface area contributed by atoms with Gasteiger partial charge in [-0.25, -0.2) is 0 Å². The van der Waals surface area contributed by atoms with Crippen LogP contribution in [-0.2, 0) is 20.2 Å². The first-order valence-electron chi connectivity index (χ1n) is 18.5. The van der Waals surface area contributed by atoms with Crippen molar-refractivity contribution in [1.29, 1.82) is 0 Å². The summed E-state index contributed by atoms with van der Waals surface area (Å²) in [5.74, 6) is -0.798. The highest BCUT2D eigenvalue weighted by Gasteiger charge is 2.50. The van der Waals surface area contributed by atoms with E-state index in [0.29, 0.717) is 10.8 Å². The van der Waals surface area contributed by atoms with E-state index in [-0.39, 0.29) is 44.5 Å². The van der Waals surface area contributed by atoms with Gasteiger partial charge in [-0.15, -0.1) is 0 Å². The van der Waals surface area contributed by atoms with Crippen molar-refractivity contribution >= 4 is 63.3 Å². The molecule has 62 heavy (non-hydrogen) atoms. The lowest BCUT2D eigenvalue weighted by molar-refractivity contribution is -0.0505. The molecule has 0 aliphatic rings. The molecule has 0 aromatic heterocycles. The maximum atomic E-state index is 13.1. The zero-order valence-electron chi connectivity index (χ0n) is 33.0. The summed E-state index contributed by atoms with van der Waals surface area (Å²) in [6.07, 6.45) is 0. The van der Waals surface area contributed by atoms with E-state index < -0.39 is 42.8 Å². The number of alkyl halides is 6. The molecule has 0 aliphatic heterocycles. The minimum atomic E-state index is -6.07. The van der Waals surface area contributed by atoms with Crippen molar-refractivity contribution < 1.29 is 61.8 Å². The molecule has 16 heteroatoms. The summed E-state index contributed by atoms with van der Waals surface area (Å²) < 4.78 is 135. The summed E-state index contributed by atoms with van der Waals surface area (Å²) in [6, 6.07) is 34.1. The highest BCUT2D eigenvalue weighted by molar-refractivity contribution is 7.88. The Kier molecular flexibility index (Phi) is 11.1. The Bertz CT molecular complexity index is 3100. The highest BCUT2D eigenvalue weighted by atomic mass is 32.2. The number of halogens is 6. The summed E-state index contributed by atoms with van der Waals surface area (Å²) in [4.78, 5) is 0. The number of hydrogen-bond donors (Lipinski definition) is 2. The van der Waals surface area contributed by atoms with E-state index in [1.54, 1.807) is 36.4 Å². The lowest BCUT2D eigenvalue weighted by Crippen LogP contribution is -2.28. The van der Waals surface area contributed by atoms with Gasteiger partial charge in [-0.2, -0.15) is 43.2 Å². The van der Waals surface area contributed by atoms with Gasteiger partial charge < -0.3 is 18.6 Å². The molecule has 0 heterocycles. The Morgan fingerprint density at radius 2 is 0.645 bits per heavy atom. The van der Waals surface area contributed by atoms with Crippen LogP contribution in [0.25, 0.3) is 65.3 Å². The van der Waals surface area contributed by atoms with Crippen LogP contribution in [0.5, 0.6) is 23.0 Å². The average Bonchev–Trinajstić information content (AvgIpc) is 3.20. The molecule has 0 saturated heterocycles. The Hall–Kier alpha value is -6.52. The zero-order chi connectivity index (χ0) is 45.1. The highest BCUT2D eigenvalue weighted by Crippen LogP contribution is 2.47. The van der Waals surface area contributed by atoms with Crippen molar-refractivity contribution in [2.24, 2.45) is 0 Å². The third-order valence-electron chi connectivity index (χ3n) is 10.6. The Morgan fingerprint density at radius 1 is 0.403 bits per heavy atom. The fourth-order valence-electron chi connectivity index (χ4n) is 7.52. The second kappa shape index (κ2) is 15.7. The average molecular weight is 893 g/mol. The lowest BCUT2D eigenvalue weighted by atomic mass is 9.87. The summed E-state index contributed by atoms with van der Waals surface area (Å²) in [7, 11) is -12.1. The molecular weight excluding hydrogens is 859 g/mol. The normalized spacial score (nSPS) is 12.4. The standard InChI is InChI=1S/C24H16F6O6S2.C22H18O2/c1-13-19(35-37(31,32)23(25,26)27)11-15-7-3-5-9-17(15)21(13)22-14(2)20(36-38(33,34)24(28,29)30)12-16-8-4-6-10-18(16)22;1-13-19(23)11-15-7-3-5-9-17(15)21(13)22-14(2)20(24)12-16-8-4-6-10-18(16)22/h3-12H,1-2H3;3-12,23-24H,1-2H3. The first-order valence-corrected chi connectivity index (χ1v) is 21.3. The molecule has 8 aromatic rings. The molecule has 0 atom stereocenters. The van der Waals surface area contributed by atoms with Crippen LogP contribution in [-0.4, -0.2) is 38.1 Å². The number of benzene rings is 8. The first kappa shape index (κ1) is 43.6. The maximum Gasteiger partial charge on any atom is 0.534 e. The van der Waals surface area contributed by atoms with Crippen molar-refractivity contribution in [1.82, 2.24) is 0 Å². The molecular formula is C46H34F6O8S2. The van der Waals surface area contributed by atoms with E-state index >= 15 is 0 Å². The van der Waals surface area contributed by atoms with E-state index in [1.165, 1.54) is 38.1 Å². The van der Waals surface area contributed by atoms with Gasteiger partial charge in [0.05, 0.1) is 0 Å². The molecule has 0 saturated carbocycles. The van der Waals surface area contributed by atoms with Crippen molar-refractivity contribution in [3.8, 4) is 45.3 Å². The quantitative estimate of drug-likeness (QED) is 0.0960. The molecule has 0 amide bonds. The molecule has 8 nitrogen and oxygen atoms in total. The van der Waals surface area contributed by atoms with Gasteiger partial charge in [0.25, 0.3) is 0 Å². The van der Waals surface area contributed by atoms with Crippen LogP contribution >= 0.6 is 0 Å². The van der Waals surface area contributed by atoms with E-state index in [0.717, 1.165) is 55.9 Å². The molecule has 0 bridgehead atoms. The van der Waals surface area contributed by atoms with Crippen LogP contribution in [0, 0.1) is 27.7 Å². The minimum Gasteiger partial charge on any atom is -0.508 e. The van der Waals surface area contributed by atoms with Gasteiger partial charge in [-0.3, -0.25) is 0 Å². The fraction of sp³-hybridized carbons (Fsp3) is 0.130. The summed E-state index contributed by atoms with van der Waals surface area (Å²) in [6.45, 7) is 6.40. The van der Waals surface area contributed by atoms with Gasteiger partial charge in [0, 0.05) is 11.1 Å². The molecule has 320 valence electrons. The van der Waals surface area contributed by atoms with Crippen LogP contribution < -0.4 is 8.37 Å². The zero-order valence-corrected chi connectivity index (χ0v) is 34.6. The van der Waals surface area contributed by atoms with Crippen molar-refractivity contribution in [2.45, 2.75) is 38.7 Å². The monoisotopic (exact) mass is 892 g/mol. The number of hydrogen-bond acceptors (Lipinski definition) is 8. The maximum absolute atomic E-state index is 13.1. The molecule has 0 fully saturated rings. The second-order valence-electron chi connectivity index (χ2n) is 14.4. The van der Waals surface area contributed by atoms with Crippen LogP contribution in [0.1, 0.15) is 22.3 Å².